The van der Waals surface area contributed by atoms with Crippen molar-refractivity contribution in [1.82, 2.24) is 0 Å². The quantitative estimate of drug-likeness (QED) is 0.627. The van der Waals surface area contributed by atoms with E-state index in [4.69, 9.17) is 11.6 Å². The molecule has 21 heavy (non-hydrogen) atoms. The smallest absolute Gasteiger partial charge is 0.273 e. The Bertz CT molecular complexity index is 679. The minimum absolute atomic E-state index is 0.0471. The third-order valence-corrected chi connectivity index (χ3v) is 3.03. The number of rotatable bonds is 5. The summed E-state index contributed by atoms with van der Waals surface area (Å²) in [6.45, 7) is 2.53. The molecule has 0 heterocycles. The number of nitro groups is 1. The molecule has 5 nitrogen and oxygen atoms in total. The van der Waals surface area contributed by atoms with Crippen LogP contribution in [0.15, 0.2) is 36.4 Å². The number of hydrogen-bond acceptors (Lipinski definition) is 4. The van der Waals surface area contributed by atoms with Gasteiger partial charge in [0, 0.05) is 30.1 Å². The van der Waals surface area contributed by atoms with E-state index in [1.807, 2.05) is 6.92 Å². The van der Waals surface area contributed by atoms with Crippen molar-refractivity contribution in [3.63, 3.8) is 0 Å². The predicted molar refractivity (Wildman–Crippen MR) is 82.0 cm³/mol. The molecule has 7 heteroatoms. The van der Waals surface area contributed by atoms with Crippen LogP contribution in [0.25, 0.3) is 0 Å². The van der Waals surface area contributed by atoms with Crippen LogP contribution in [0, 0.1) is 15.9 Å². The molecule has 0 amide bonds. The first-order valence-corrected chi connectivity index (χ1v) is 6.63. The lowest BCUT2D eigenvalue weighted by molar-refractivity contribution is -0.384. The number of nitro benzene ring substituents is 1. The van der Waals surface area contributed by atoms with Gasteiger partial charge >= 0.3 is 0 Å². The van der Waals surface area contributed by atoms with E-state index in [1.54, 1.807) is 6.07 Å². The highest BCUT2D eigenvalue weighted by Gasteiger charge is 2.11. The molecular weight excluding hydrogens is 297 g/mol. The van der Waals surface area contributed by atoms with Gasteiger partial charge in [-0.25, -0.2) is 4.39 Å². The Labute approximate surface area is 125 Å². The maximum atomic E-state index is 13.0. The van der Waals surface area contributed by atoms with Gasteiger partial charge in [-0.3, -0.25) is 10.1 Å². The fourth-order valence-electron chi connectivity index (χ4n) is 1.84. The van der Waals surface area contributed by atoms with Crippen LogP contribution >= 0.6 is 11.6 Å². The summed E-state index contributed by atoms with van der Waals surface area (Å²) in [6.07, 6.45) is 0. The lowest BCUT2D eigenvalue weighted by atomic mass is 10.2. The average molecular weight is 310 g/mol. The molecule has 0 bridgehead atoms. The van der Waals surface area contributed by atoms with Gasteiger partial charge in [-0.15, -0.1) is 0 Å². The van der Waals surface area contributed by atoms with E-state index in [2.05, 4.69) is 10.6 Å². The first-order valence-electron chi connectivity index (χ1n) is 6.25. The second-order valence-corrected chi connectivity index (χ2v) is 4.71. The van der Waals surface area contributed by atoms with Crippen LogP contribution in [0.5, 0.6) is 0 Å². The third kappa shape index (κ3) is 3.82. The van der Waals surface area contributed by atoms with E-state index in [-0.39, 0.29) is 10.7 Å². The molecule has 0 aliphatic heterocycles. The summed E-state index contributed by atoms with van der Waals surface area (Å²) in [7, 11) is 0. The Hall–Kier alpha value is -2.34. The number of halogens is 2. The van der Waals surface area contributed by atoms with Crippen LogP contribution < -0.4 is 10.6 Å². The Morgan fingerprint density at radius 1 is 1.24 bits per heavy atom. The van der Waals surface area contributed by atoms with Crippen LogP contribution in [-0.4, -0.2) is 11.5 Å². The second kappa shape index (κ2) is 6.41. The van der Waals surface area contributed by atoms with E-state index in [1.165, 1.54) is 30.3 Å². The first-order chi connectivity index (χ1) is 9.99. The Morgan fingerprint density at radius 2 is 1.95 bits per heavy atom. The van der Waals surface area contributed by atoms with Gasteiger partial charge in [0.25, 0.3) is 5.69 Å². The summed E-state index contributed by atoms with van der Waals surface area (Å²) in [4.78, 5) is 10.5. The monoisotopic (exact) mass is 309 g/mol. The van der Waals surface area contributed by atoms with Crippen molar-refractivity contribution in [1.29, 1.82) is 0 Å². The van der Waals surface area contributed by atoms with Crippen LogP contribution in [0.4, 0.5) is 27.1 Å². The minimum atomic E-state index is -0.474. The largest absolute Gasteiger partial charge is 0.385 e. The van der Waals surface area contributed by atoms with Crippen molar-refractivity contribution >= 4 is 34.4 Å². The van der Waals surface area contributed by atoms with Gasteiger partial charge in [0.2, 0.25) is 0 Å². The Balaban J connectivity index is 2.36. The molecule has 0 radical (unpaired) electrons. The number of hydrogen-bond donors (Lipinski definition) is 2. The molecule has 0 fully saturated rings. The third-order valence-electron chi connectivity index (χ3n) is 2.72. The van der Waals surface area contributed by atoms with Crippen LogP contribution in [0.2, 0.25) is 5.02 Å². The first kappa shape index (κ1) is 15.1. The molecule has 0 aliphatic carbocycles. The highest BCUT2D eigenvalue weighted by molar-refractivity contribution is 6.33. The Kier molecular flexibility index (Phi) is 4.59. The van der Waals surface area contributed by atoms with Gasteiger partial charge in [-0.1, -0.05) is 11.6 Å². The van der Waals surface area contributed by atoms with E-state index in [9.17, 15) is 14.5 Å². The molecule has 0 saturated heterocycles. The van der Waals surface area contributed by atoms with Gasteiger partial charge in [-0.2, -0.15) is 0 Å². The summed E-state index contributed by atoms with van der Waals surface area (Å²) in [5.74, 6) is -0.446. The maximum absolute atomic E-state index is 13.0. The van der Waals surface area contributed by atoms with Crippen LogP contribution in [0.1, 0.15) is 6.92 Å². The predicted octanol–water partition coefficient (Wildman–Crippen LogP) is 4.56. The van der Waals surface area contributed by atoms with Gasteiger partial charge in [0.1, 0.15) is 5.82 Å². The summed E-state index contributed by atoms with van der Waals surface area (Å²) in [5, 5.41) is 17.1. The van der Waals surface area contributed by atoms with Crippen molar-refractivity contribution < 1.29 is 9.31 Å². The summed E-state index contributed by atoms with van der Waals surface area (Å²) < 4.78 is 13.0. The summed E-state index contributed by atoms with van der Waals surface area (Å²) >= 11 is 5.93. The van der Waals surface area contributed by atoms with Crippen LogP contribution in [0.3, 0.4) is 0 Å². The lowest BCUT2D eigenvalue weighted by Gasteiger charge is -2.11. The topological polar surface area (TPSA) is 67.2 Å². The summed E-state index contributed by atoms with van der Waals surface area (Å²) in [5.41, 5.74) is 1.54. The number of nitrogens with one attached hydrogen (secondary N) is 2. The number of non-ortho nitro benzene ring substituents is 1. The standard InChI is InChI=1S/C14H13ClFN3O2/c1-2-17-10-6-11(8-12(7-10)19(20)21)18-14-4-3-9(16)5-13(14)15/h3-8,17-18H,2H2,1H3. The molecular formula is C14H13ClFN3O2. The zero-order valence-electron chi connectivity index (χ0n) is 11.2. The highest BCUT2D eigenvalue weighted by Crippen LogP contribution is 2.30. The van der Waals surface area contributed by atoms with E-state index < -0.39 is 10.7 Å². The number of benzene rings is 2. The lowest BCUT2D eigenvalue weighted by Crippen LogP contribution is -2.00. The van der Waals surface area contributed by atoms with Crippen molar-refractivity contribution in [2.24, 2.45) is 0 Å². The number of nitrogens with zero attached hydrogens (tertiary/aromatic N) is 1. The maximum Gasteiger partial charge on any atom is 0.273 e. The van der Waals surface area contributed by atoms with Gasteiger partial charge in [0.15, 0.2) is 0 Å². The van der Waals surface area contributed by atoms with Crippen molar-refractivity contribution in [3.05, 3.63) is 57.4 Å². The zero-order valence-corrected chi connectivity index (χ0v) is 11.9. The summed E-state index contributed by atoms with van der Waals surface area (Å²) in [6, 6.07) is 8.46. The molecule has 2 aromatic carbocycles. The van der Waals surface area contributed by atoms with E-state index in [0.717, 1.165) is 0 Å². The molecule has 0 aromatic heterocycles. The van der Waals surface area contributed by atoms with Crippen molar-refractivity contribution in [2.45, 2.75) is 6.92 Å². The molecule has 0 aliphatic rings. The van der Waals surface area contributed by atoms with Crippen LogP contribution in [-0.2, 0) is 0 Å². The average Bonchev–Trinajstić information content (AvgIpc) is 2.42. The molecule has 2 rings (SSSR count). The molecule has 0 atom stereocenters. The molecule has 110 valence electrons. The van der Waals surface area contributed by atoms with Gasteiger partial charge in [0.05, 0.1) is 15.6 Å². The normalized spacial score (nSPS) is 10.2. The SMILES string of the molecule is CCNc1cc(Nc2ccc(F)cc2Cl)cc([N+](=O)[O-])c1. The zero-order chi connectivity index (χ0) is 15.4. The number of anilines is 3. The van der Waals surface area contributed by atoms with Crippen molar-refractivity contribution in [3.8, 4) is 0 Å². The van der Waals surface area contributed by atoms with Gasteiger partial charge in [-0.05, 0) is 31.2 Å². The molecule has 2 N–H and O–H groups in total. The molecule has 0 saturated carbocycles. The van der Waals surface area contributed by atoms with E-state index >= 15 is 0 Å². The Morgan fingerprint density at radius 3 is 2.57 bits per heavy atom. The minimum Gasteiger partial charge on any atom is -0.385 e. The highest BCUT2D eigenvalue weighted by atomic mass is 35.5. The molecule has 2 aromatic rings. The van der Waals surface area contributed by atoms with Gasteiger partial charge < -0.3 is 10.6 Å². The fourth-order valence-corrected chi connectivity index (χ4v) is 2.06. The molecule has 0 spiro atoms. The van der Waals surface area contributed by atoms with E-state index in [0.29, 0.717) is 23.6 Å². The molecule has 0 unspecified atom stereocenters. The fraction of sp³-hybridized carbons (Fsp3) is 0.143. The van der Waals surface area contributed by atoms with Crippen molar-refractivity contribution in [2.75, 3.05) is 17.2 Å². The second-order valence-electron chi connectivity index (χ2n) is 4.31.